The summed E-state index contributed by atoms with van der Waals surface area (Å²) in [5, 5.41) is 1.44. The number of alkyl halides is 2. The molecule has 5 aromatic carbocycles. The molecule has 25 nitrogen and oxygen atoms in total. The molecule has 0 aliphatic heterocycles. The molecule has 0 bridgehead atoms. The Morgan fingerprint density at radius 3 is 1.04 bits per heavy atom. The number of aryl methyl sites for hydroxylation is 4. The van der Waals surface area contributed by atoms with Gasteiger partial charge in [-0.05, 0) is 165 Å². The van der Waals surface area contributed by atoms with Crippen LogP contribution in [0.3, 0.4) is 0 Å². The molecule has 10 heterocycles. The van der Waals surface area contributed by atoms with Crippen molar-refractivity contribution in [2.45, 2.75) is 79.1 Å². The van der Waals surface area contributed by atoms with Crippen LogP contribution in [0.5, 0.6) is 57.5 Å². The molecule has 0 radical (unpaired) electrons. The number of thiazole rings is 1. The third-order valence-electron chi connectivity index (χ3n) is 16.7. The van der Waals surface area contributed by atoms with Crippen molar-refractivity contribution < 1.29 is 74.0 Å². The highest BCUT2D eigenvalue weighted by atomic mass is 79.9. The standard InChI is InChI=1S/C19H16FN3O2.C19H17N3O2.C18H14FN3O2.C17H11BrFN3O2.C17H12F3N3O2S/c1-2-13-3-4-23-16(5-13)9-19(24)14-6-15(20)8-17(7-14)25-18-10-21-12-22-11-18;1-13-3-4-16(22-9-13)8-19(23)15-5-14(2)6-17(7-15)24-18-10-20-12-21-11-18;1-12-4-13(18(23)8-15-7-14(19)2-3-22-15)6-16(5-12)24-17-9-20-11-21-10-17;18-12-1-2-22-14(5-12)7-17(23)11-3-13(19)6-15(4-11)24-16-8-20-10-21-9-16;1-17(19,20)15-8-26-16(23-15)5-14(24)10-2-11(18)4-12(3-10)25-13-6-21-9-22-7-13/h3-8,10-12H,2,9H2,1H3;3-7,9-12H,8H2,1-2H3;2-7,9-11H,8H2,1H3;1-6,8-10H,7H2;2-4,6-9H,5H2,1H3. The Balaban J connectivity index is 0.000000150. The summed E-state index contributed by atoms with van der Waals surface area (Å²) < 4.78 is 110. The highest BCUT2D eigenvalue weighted by molar-refractivity contribution is 9.10. The molecule has 0 amide bonds. The predicted molar refractivity (Wildman–Crippen MR) is 443 cm³/mol. The van der Waals surface area contributed by atoms with Crippen molar-refractivity contribution in [3.8, 4) is 57.5 Å². The first-order chi connectivity index (χ1) is 59.2. The van der Waals surface area contributed by atoms with E-state index in [2.05, 4.69) is 90.7 Å². The molecular weight excluding hydrogens is 1680 g/mol. The van der Waals surface area contributed by atoms with E-state index in [4.69, 9.17) is 23.7 Å². The number of carbonyl (C=O) groups is 5. The molecule has 0 spiro atoms. The van der Waals surface area contributed by atoms with Gasteiger partial charge in [0, 0.05) is 105 Å². The maximum absolute atomic E-state index is 13.9. The molecule has 0 unspecified atom stereocenters. The summed E-state index contributed by atoms with van der Waals surface area (Å²) in [5.74, 6) is -2.72. The second-order valence-corrected chi connectivity index (χ2v) is 28.6. The second kappa shape index (κ2) is 43.7. The van der Waals surface area contributed by atoms with E-state index in [1.165, 1.54) is 147 Å². The molecule has 0 aliphatic carbocycles. The van der Waals surface area contributed by atoms with E-state index in [9.17, 15) is 50.3 Å². The van der Waals surface area contributed by atoms with Crippen molar-refractivity contribution in [1.82, 2.24) is 74.8 Å². The van der Waals surface area contributed by atoms with Gasteiger partial charge in [-0.2, -0.15) is 8.78 Å². The average Bonchev–Trinajstić information content (AvgIpc) is 1.77. The van der Waals surface area contributed by atoms with Crippen LogP contribution < -0.4 is 23.7 Å². The summed E-state index contributed by atoms with van der Waals surface area (Å²) in [4.78, 5) is 121. The average molecular weight is 1750 g/mol. The number of aromatic nitrogens is 15. The second-order valence-electron chi connectivity index (χ2n) is 26.8. The quantitative estimate of drug-likeness (QED) is 0.0341. The third-order valence-corrected chi connectivity index (χ3v) is 18.0. The highest BCUT2D eigenvalue weighted by Gasteiger charge is 2.28. The van der Waals surface area contributed by atoms with Crippen LogP contribution >= 0.6 is 27.3 Å². The fourth-order valence-corrected chi connectivity index (χ4v) is 12.3. The normalized spacial score (nSPS) is 10.6. The molecule has 620 valence electrons. The van der Waals surface area contributed by atoms with Gasteiger partial charge >= 0.3 is 0 Å². The molecule has 123 heavy (non-hydrogen) atoms. The lowest BCUT2D eigenvalue weighted by Crippen LogP contribution is -2.09. The smallest absolute Gasteiger partial charge is 0.287 e. The van der Waals surface area contributed by atoms with E-state index < -0.39 is 40.7 Å². The van der Waals surface area contributed by atoms with Gasteiger partial charge in [-0.15, -0.1) is 11.3 Å². The Kier molecular flexibility index (Phi) is 31.6. The molecule has 0 atom stereocenters. The summed E-state index contributed by atoms with van der Waals surface area (Å²) in [6.07, 6.45) is 29.2. The zero-order chi connectivity index (χ0) is 87.2. The first kappa shape index (κ1) is 88.9. The molecule has 15 aromatic rings. The lowest BCUT2D eigenvalue weighted by atomic mass is 10.0. The molecule has 33 heteroatoms. The van der Waals surface area contributed by atoms with Crippen molar-refractivity contribution in [1.29, 1.82) is 0 Å². The van der Waals surface area contributed by atoms with Gasteiger partial charge in [0.1, 0.15) is 94.4 Å². The van der Waals surface area contributed by atoms with E-state index in [0.717, 1.165) is 69.2 Å². The Bertz CT molecular complexity index is 5980. The Morgan fingerprint density at radius 2 is 0.691 bits per heavy atom. The fraction of sp³-hybridized carbons (Fsp3) is 0.133. The van der Waals surface area contributed by atoms with Gasteiger partial charge in [-0.1, -0.05) is 28.9 Å². The number of nitrogens with zero attached hydrogens (tertiary/aromatic N) is 15. The van der Waals surface area contributed by atoms with E-state index in [1.807, 2.05) is 70.2 Å². The number of carbonyl (C=O) groups excluding carboxylic acids is 5. The van der Waals surface area contributed by atoms with Crippen LogP contribution in [0, 0.1) is 44.0 Å². The zero-order valence-corrected chi connectivity index (χ0v) is 68.3. The van der Waals surface area contributed by atoms with Crippen LogP contribution in [-0.2, 0) is 44.4 Å². The summed E-state index contributed by atoms with van der Waals surface area (Å²) >= 11 is 4.28. The van der Waals surface area contributed by atoms with E-state index >= 15 is 0 Å². The summed E-state index contributed by atoms with van der Waals surface area (Å²) in [6, 6.07) is 35.6. The van der Waals surface area contributed by atoms with Crippen LogP contribution in [0.15, 0.2) is 268 Å². The van der Waals surface area contributed by atoms with Gasteiger partial charge in [0.25, 0.3) is 5.92 Å². The van der Waals surface area contributed by atoms with Gasteiger partial charge in [-0.3, -0.25) is 43.9 Å². The van der Waals surface area contributed by atoms with E-state index in [1.54, 1.807) is 61.3 Å². The molecule has 15 rings (SSSR count). The third kappa shape index (κ3) is 29.0. The van der Waals surface area contributed by atoms with Crippen LogP contribution in [0.2, 0.25) is 0 Å². The van der Waals surface area contributed by atoms with Gasteiger partial charge in [0.2, 0.25) is 0 Å². The number of halogens is 7. The minimum absolute atomic E-state index is 0.00390. The van der Waals surface area contributed by atoms with Gasteiger partial charge in [0.15, 0.2) is 57.7 Å². The lowest BCUT2D eigenvalue weighted by Gasteiger charge is -2.08. The SMILES string of the molecule is CC(F)(F)c1csc(CC(=O)c2cc(F)cc(Oc3cncnc3)c2)n1.CCc1ccnc(CC(=O)c2cc(F)cc(Oc3cncnc3)c2)c1.Cc1cc(Oc2cncnc2)cc(C(=O)Cc2cc(F)ccn2)c1.Cc1ccc(CC(=O)c2cc(C)cc(Oc3cncnc3)c2)nc1.O=C(Cc1cc(Br)ccn1)c1cc(F)cc(Oc2cncnc2)c1. The number of pyridine rings is 4. The first-order valence-electron chi connectivity index (χ1n) is 37.1. The van der Waals surface area contributed by atoms with Crippen LogP contribution in [0.25, 0.3) is 0 Å². The molecule has 0 aliphatic rings. The Hall–Kier alpha value is -14.9. The first-order valence-corrected chi connectivity index (χ1v) is 38.8. The van der Waals surface area contributed by atoms with Gasteiger partial charge < -0.3 is 23.7 Å². The van der Waals surface area contributed by atoms with Crippen LogP contribution in [-0.4, -0.2) is 104 Å². The van der Waals surface area contributed by atoms with Crippen molar-refractivity contribution in [2.75, 3.05) is 0 Å². The number of ketones is 5. The maximum Gasteiger partial charge on any atom is 0.287 e. The molecule has 0 fully saturated rings. The lowest BCUT2D eigenvalue weighted by molar-refractivity contribution is 0.0132. The number of hydrogen-bond donors (Lipinski definition) is 0. The molecule has 10 aromatic heterocycles. The Morgan fingerprint density at radius 1 is 0.350 bits per heavy atom. The molecule has 0 N–H and O–H groups in total. The highest BCUT2D eigenvalue weighted by Crippen LogP contribution is 2.32. The van der Waals surface area contributed by atoms with Crippen LogP contribution in [0.1, 0.15) is 121 Å². The maximum atomic E-state index is 13.9. The number of Topliss-reactive ketones (excluding diaryl/α,β-unsaturated/α-hetero) is 5. The van der Waals surface area contributed by atoms with E-state index in [-0.39, 0.29) is 99.9 Å². The van der Waals surface area contributed by atoms with Crippen molar-refractivity contribution in [2.24, 2.45) is 0 Å². The number of benzene rings is 5. The van der Waals surface area contributed by atoms with Crippen molar-refractivity contribution >= 4 is 56.2 Å². The fourth-order valence-electron chi connectivity index (χ4n) is 11.1. The summed E-state index contributed by atoms with van der Waals surface area (Å²) in [5.41, 5.74) is 7.58. The summed E-state index contributed by atoms with van der Waals surface area (Å²) in [6.45, 7) is 8.53. The monoisotopic (exact) mass is 1750 g/mol. The van der Waals surface area contributed by atoms with Gasteiger partial charge in [-0.25, -0.2) is 72.4 Å². The summed E-state index contributed by atoms with van der Waals surface area (Å²) in [7, 11) is 0. The number of ether oxygens (including phenoxy) is 5. The van der Waals surface area contributed by atoms with Crippen molar-refractivity contribution in [3.05, 3.63) is 375 Å². The van der Waals surface area contributed by atoms with Crippen LogP contribution in [0.4, 0.5) is 26.3 Å². The molecule has 0 saturated heterocycles. The molecule has 0 saturated carbocycles. The number of hydrogen-bond acceptors (Lipinski definition) is 26. The zero-order valence-electron chi connectivity index (χ0n) is 65.9. The Labute approximate surface area is 712 Å². The minimum Gasteiger partial charge on any atom is -0.454 e. The minimum atomic E-state index is -3.07. The largest absolute Gasteiger partial charge is 0.454 e. The number of rotatable bonds is 27. The topological polar surface area (TPSA) is 325 Å². The predicted octanol–water partition coefficient (Wildman–Crippen LogP) is 19.4. The van der Waals surface area contributed by atoms with Crippen molar-refractivity contribution in [3.63, 3.8) is 0 Å². The van der Waals surface area contributed by atoms with E-state index in [0.29, 0.717) is 62.7 Å². The van der Waals surface area contributed by atoms with Gasteiger partial charge in [0.05, 0.1) is 99.8 Å². The molecular formula is C90H70BrF6N15O10S.